The highest BCUT2D eigenvalue weighted by Crippen LogP contribution is 2.09. The second-order valence-corrected chi connectivity index (χ2v) is 5.94. The van der Waals surface area contributed by atoms with Crippen LogP contribution in [0.1, 0.15) is 36.6 Å². The molecule has 0 amide bonds. The lowest BCUT2D eigenvalue weighted by Gasteiger charge is -2.10. The average molecular weight is 325 g/mol. The minimum atomic E-state index is 0.269. The SMILES string of the molecule is C/C(=N\OCC(C)Cc1cccc(CC=O)n1)c1cccc(C)n1. The average Bonchev–Trinajstić information content (AvgIpc) is 2.55. The van der Waals surface area contributed by atoms with E-state index in [-0.39, 0.29) is 5.92 Å². The van der Waals surface area contributed by atoms with Crippen LogP contribution in [0.25, 0.3) is 0 Å². The second-order valence-electron chi connectivity index (χ2n) is 5.94. The highest BCUT2D eigenvalue weighted by molar-refractivity contribution is 5.96. The standard InChI is InChI=1S/C19H23N3O2/c1-14(12-18-8-5-7-17(21-18)10-11-23)13-24-22-16(3)19-9-4-6-15(2)20-19/h4-9,11,14H,10,12-13H2,1-3H3/b22-16+. The Morgan fingerprint density at radius 2 is 1.96 bits per heavy atom. The van der Waals surface area contributed by atoms with Gasteiger partial charge in [-0.25, -0.2) is 0 Å². The molecule has 2 aromatic rings. The maximum Gasteiger partial charge on any atom is 0.125 e. The van der Waals surface area contributed by atoms with Gasteiger partial charge in [-0.1, -0.05) is 24.2 Å². The summed E-state index contributed by atoms with van der Waals surface area (Å²) < 4.78 is 0. The summed E-state index contributed by atoms with van der Waals surface area (Å²) >= 11 is 0. The van der Waals surface area contributed by atoms with Crippen molar-refractivity contribution in [1.29, 1.82) is 0 Å². The molecule has 5 heteroatoms. The maximum atomic E-state index is 10.6. The number of aryl methyl sites for hydroxylation is 1. The molecule has 0 bridgehead atoms. The van der Waals surface area contributed by atoms with Crippen molar-refractivity contribution in [2.75, 3.05) is 6.61 Å². The van der Waals surface area contributed by atoms with Gasteiger partial charge >= 0.3 is 0 Å². The summed E-state index contributed by atoms with van der Waals surface area (Å²) in [6.07, 6.45) is 2.01. The molecule has 1 unspecified atom stereocenters. The highest BCUT2D eigenvalue weighted by Gasteiger charge is 2.07. The van der Waals surface area contributed by atoms with E-state index >= 15 is 0 Å². The summed E-state index contributed by atoms with van der Waals surface area (Å²) in [5.41, 5.74) is 4.31. The number of nitrogens with zero attached hydrogens (tertiary/aromatic N) is 3. The van der Waals surface area contributed by atoms with Crippen molar-refractivity contribution in [2.24, 2.45) is 11.1 Å². The number of hydrogen-bond acceptors (Lipinski definition) is 5. The Labute approximate surface area is 142 Å². The quantitative estimate of drug-likeness (QED) is 0.425. The minimum Gasteiger partial charge on any atom is -0.395 e. The van der Waals surface area contributed by atoms with Crippen LogP contribution >= 0.6 is 0 Å². The topological polar surface area (TPSA) is 64.4 Å². The molecular weight excluding hydrogens is 302 g/mol. The predicted octanol–water partition coefficient (Wildman–Crippen LogP) is 3.15. The highest BCUT2D eigenvalue weighted by atomic mass is 16.6. The number of aromatic nitrogens is 2. The van der Waals surface area contributed by atoms with Crippen molar-refractivity contribution in [1.82, 2.24) is 9.97 Å². The Kier molecular flexibility index (Phi) is 6.61. The lowest BCUT2D eigenvalue weighted by atomic mass is 10.1. The van der Waals surface area contributed by atoms with Gasteiger partial charge in [-0.2, -0.15) is 0 Å². The Hall–Kier alpha value is -2.56. The van der Waals surface area contributed by atoms with Crippen LogP contribution in [-0.2, 0) is 22.5 Å². The Bertz CT molecular complexity index is 713. The summed E-state index contributed by atoms with van der Waals surface area (Å²) in [6, 6.07) is 11.6. The van der Waals surface area contributed by atoms with E-state index in [2.05, 4.69) is 22.0 Å². The molecule has 2 aromatic heterocycles. The summed E-state index contributed by atoms with van der Waals surface area (Å²) in [4.78, 5) is 24.9. The molecule has 0 radical (unpaired) electrons. The van der Waals surface area contributed by atoms with Crippen molar-refractivity contribution in [3.8, 4) is 0 Å². The third-order valence-electron chi connectivity index (χ3n) is 3.53. The van der Waals surface area contributed by atoms with Gasteiger partial charge in [0.2, 0.25) is 0 Å². The van der Waals surface area contributed by atoms with Gasteiger partial charge in [0, 0.05) is 23.5 Å². The number of aldehydes is 1. The number of pyridine rings is 2. The molecule has 2 heterocycles. The predicted molar refractivity (Wildman–Crippen MR) is 94.0 cm³/mol. The van der Waals surface area contributed by atoms with E-state index in [1.54, 1.807) is 0 Å². The summed E-state index contributed by atoms with van der Waals surface area (Å²) in [5, 5.41) is 4.15. The van der Waals surface area contributed by atoms with Gasteiger partial charge in [0.05, 0.1) is 5.69 Å². The van der Waals surface area contributed by atoms with Crippen LogP contribution in [0.3, 0.4) is 0 Å². The van der Waals surface area contributed by atoms with Gasteiger partial charge in [0.15, 0.2) is 0 Å². The molecule has 0 N–H and O–H groups in total. The van der Waals surface area contributed by atoms with Gasteiger partial charge < -0.3 is 9.63 Å². The molecular formula is C19H23N3O2. The third kappa shape index (κ3) is 5.57. The molecule has 1 atom stereocenters. The summed E-state index contributed by atoms with van der Waals surface area (Å²) in [7, 11) is 0. The fraction of sp³-hybridized carbons (Fsp3) is 0.368. The van der Waals surface area contributed by atoms with Crippen LogP contribution in [0.4, 0.5) is 0 Å². The van der Waals surface area contributed by atoms with Crippen molar-refractivity contribution in [2.45, 2.75) is 33.6 Å². The van der Waals surface area contributed by atoms with Gasteiger partial charge in [0.1, 0.15) is 18.6 Å². The normalized spacial score (nSPS) is 12.7. The van der Waals surface area contributed by atoms with E-state index in [0.717, 1.165) is 41.2 Å². The van der Waals surface area contributed by atoms with Crippen LogP contribution in [-0.4, -0.2) is 28.6 Å². The van der Waals surface area contributed by atoms with E-state index < -0.39 is 0 Å². The lowest BCUT2D eigenvalue weighted by Crippen LogP contribution is -2.10. The summed E-state index contributed by atoms with van der Waals surface area (Å²) in [5.74, 6) is 0.269. The van der Waals surface area contributed by atoms with Gasteiger partial charge in [-0.3, -0.25) is 9.97 Å². The molecule has 0 saturated carbocycles. The summed E-state index contributed by atoms with van der Waals surface area (Å²) in [6.45, 7) is 6.43. The lowest BCUT2D eigenvalue weighted by molar-refractivity contribution is -0.107. The first-order valence-electron chi connectivity index (χ1n) is 8.07. The van der Waals surface area contributed by atoms with Crippen LogP contribution in [0.5, 0.6) is 0 Å². The first-order valence-corrected chi connectivity index (χ1v) is 8.07. The molecule has 5 nitrogen and oxygen atoms in total. The number of rotatable bonds is 8. The minimum absolute atomic E-state index is 0.269. The molecule has 0 aromatic carbocycles. The first kappa shape index (κ1) is 17.8. The van der Waals surface area contributed by atoms with Gasteiger partial charge in [-0.15, -0.1) is 0 Å². The smallest absolute Gasteiger partial charge is 0.125 e. The zero-order chi connectivity index (χ0) is 17.4. The van der Waals surface area contributed by atoms with Gasteiger partial charge in [0.25, 0.3) is 0 Å². The molecule has 0 fully saturated rings. The first-order chi connectivity index (χ1) is 11.6. The molecule has 0 aliphatic carbocycles. The Balaban J connectivity index is 1.86. The Morgan fingerprint density at radius 1 is 1.21 bits per heavy atom. The molecule has 0 spiro atoms. The number of carbonyl (C=O) groups excluding carboxylic acids is 1. The number of oxime groups is 1. The van der Waals surface area contributed by atoms with Crippen molar-refractivity contribution >= 4 is 12.0 Å². The molecule has 0 aliphatic heterocycles. The fourth-order valence-electron chi connectivity index (χ4n) is 2.31. The monoisotopic (exact) mass is 325 g/mol. The molecule has 2 rings (SSSR count). The van der Waals surface area contributed by atoms with E-state index in [4.69, 9.17) is 4.84 Å². The molecule has 24 heavy (non-hydrogen) atoms. The van der Waals surface area contributed by atoms with Crippen LogP contribution in [0.2, 0.25) is 0 Å². The number of carbonyl (C=O) groups is 1. The van der Waals surface area contributed by atoms with Crippen molar-refractivity contribution in [3.63, 3.8) is 0 Å². The molecule has 126 valence electrons. The zero-order valence-electron chi connectivity index (χ0n) is 14.4. The maximum absolute atomic E-state index is 10.6. The molecule has 0 saturated heterocycles. The largest absolute Gasteiger partial charge is 0.395 e. The second kappa shape index (κ2) is 8.91. The van der Waals surface area contributed by atoms with Crippen LogP contribution in [0, 0.1) is 12.8 Å². The van der Waals surface area contributed by atoms with Crippen molar-refractivity contribution < 1.29 is 9.63 Å². The van der Waals surface area contributed by atoms with Crippen LogP contribution < -0.4 is 0 Å². The zero-order valence-corrected chi connectivity index (χ0v) is 14.4. The molecule has 0 aliphatic rings. The van der Waals surface area contributed by atoms with E-state index in [0.29, 0.717) is 13.0 Å². The van der Waals surface area contributed by atoms with E-state index in [1.165, 1.54) is 0 Å². The fourth-order valence-corrected chi connectivity index (χ4v) is 2.31. The van der Waals surface area contributed by atoms with E-state index in [1.807, 2.05) is 50.2 Å². The third-order valence-corrected chi connectivity index (χ3v) is 3.53. The van der Waals surface area contributed by atoms with E-state index in [9.17, 15) is 4.79 Å². The van der Waals surface area contributed by atoms with Crippen LogP contribution in [0.15, 0.2) is 41.6 Å². The van der Waals surface area contributed by atoms with Gasteiger partial charge in [-0.05, 0) is 50.5 Å². The Morgan fingerprint density at radius 3 is 2.71 bits per heavy atom. The van der Waals surface area contributed by atoms with Crippen molar-refractivity contribution in [3.05, 3.63) is 59.2 Å². The number of hydrogen-bond donors (Lipinski definition) is 0.